The van der Waals surface area contributed by atoms with Gasteiger partial charge < -0.3 is 11.1 Å². The molecule has 0 radical (unpaired) electrons. The molecule has 1 fully saturated rings. The molecule has 2 atom stereocenters. The number of nitrogens with one attached hydrogen (secondary N) is 1. The Labute approximate surface area is 119 Å². The number of nitrogens with two attached hydrogens (primary N) is 1. The lowest BCUT2D eigenvalue weighted by Gasteiger charge is -2.14. The van der Waals surface area contributed by atoms with Crippen LogP contribution in [0.2, 0.25) is 5.02 Å². The quantitative estimate of drug-likeness (QED) is 0.894. The van der Waals surface area contributed by atoms with Crippen LogP contribution in [0.1, 0.15) is 40.7 Å². The van der Waals surface area contributed by atoms with Crippen molar-refractivity contribution in [3.8, 4) is 0 Å². The summed E-state index contributed by atoms with van der Waals surface area (Å²) in [6.07, 6.45) is 3.09. The highest BCUT2D eigenvalue weighted by Gasteiger charge is 2.25. The molecule has 0 spiro atoms. The topological polar surface area (TPSA) is 55.1 Å². The molecule has 1 amide bonds. The Balaban J connectivity index is 2.06. The van der Waals surface area contributed by atoms with Gasteiger partial charge >= 0.3 is 0 Å². The van der Waals surface area contributed by atoms with Gasteiger partial charge in [-0.2, -0.15) is 0 Å². The number of aryl methyl sites for hydroxylation is 2. The van der Waals surface area contributed by atoms with Crippen molar-refractivity contribution < 1.29 is 4.79 Å². The summed E-state index contributed by atoms with van der Waals surface area (Å²) in [5.74, 6) is 0.469. The van der Waals surface area contributed by atoms with Gasteiger partial charge in [-0.25, -0.2) is 0 Å². The standard InChI is InChI=1S/C15H21ClN2O/c1-9-5-13(14(16)6-10(9)2)15(19)18-12-4-3-11(7-12)8-17/h5-6,11-12H,3-4,7-8,17H2,1-2H3,(H,18,19)/t11-,12-/m1/s1. The highest BCUT2D eigenvalue weighted by atomic mass is 35.5. The fourth-order valence-electron chi connectivity index (χ4n) is 2.64. The zero-order valence-electron chi connectivity index (χ0n) is 11.5. The molecule has 2 rings (SSSR count). The summed E-state index contributed by atoms with van der Waals surface area (Å²) in [5, 5.41) is 3.59. The number of rotatable bonds is 3. The number of carbonyl (C=O) groups is 1. The molecule has 0 aliphatic heterocycles. The van der Waals surface area contributed by atoms with Crippen molar-refractivity contribution in [2.24, 2.45) is 11.7 Å². The predicted octanol–water partition coefficient (Wildman–Crippen LogP) is 2.81. The summed E-state index contributed by atoms with van der Waals surface area (Å²) >= 11 is 6.16. The molecule has 1 aliphatic rings. The second-order valence-corrected chi connectivity index (χ2v) is 5.91. The van der Waals surface area contributed by atoms with Crippen molar-refractivity contribution in [3.63, 3.8) is 0 Å². The van der Waals surface area contributed by atoms with Gasteiger partial charge in [0.05, 0.1) is 10.6 Å². The first-order valence-corrected chi connectivity index (χ1v) is 7.16. The third-order valence-electron chi connectivity index (χ3n) is 4.04. The lowest BCUT2D eigenvalue weighted by molar-refractivity contribution is 0.0937. The summed E-state index contributed by atoms with van der Waals surface area (Å²) in [5.41, 5.74) is 8.42. The van der Waals surface area contributed by atoms with Crippen molar-refractivity contribution in [1.82, 2.24) is 5.32 Å². The highest BCUT2D eigenvalue weighted by molar-refractivity contribution is 6.34. The van der Waals surface area contributed by atoms with Gasteiger partial charge in [0.2, 0.25) is 0 Å². The molecule has 1 aromatic carbocycles. The van der Waals surface area contributed by atoms with Gasteiger partial charge in [-0.05, 0) is 68.8 Å². The molecule has 4 heteroatoms. The minimum absolute atomic E-state index is 0.0734. The SMILES string of the molecule is Cc1cc(Cl)c(C(=O)N[C@@H]2CC[C@@H](CN)C2)cc1C. The summed E-state index contributed by atoms with van der Waals surface area (Å²) in [6.45, 7) is 4.69. The van der Waals surface area contributed by atoms with Crippen LogP contribution in [0.5, 0.6) is 0 Å². The largest absolute Gasteiger partial charge is 0.349 e. The zero-order valence-corrected chi connectivity index (χ0v) is 12.3. The van der Waals surface area contributed by atoms with Crippen molar-refractivity contribution in [1.29, 1.82) is 0 Å². The molecule has 19 heavy (non-hydrogen) atoms. The number of halogens is 1. The summed E-state index contributed by atoms with van der Waals surface area (Å²) in [4.78, 5) is 12.3. The first-order valence-electron chi connectivity index (χ1n) is 6.79. The van der Waals surface area contributed by atoms with Gasteiger partial charge in [0, 0.05) is 6.04 Å². The fraction of sp³-hybridized carbons (Fsp3) is 0.533. The molecule has 104 valence electrons. The van der Waals surface area contributed by atoms with Gasteiger partial charge in [-0.15, -0.1) is 0 Å². The summed E-state index contributed by atoms with van der Waals surface area (Å²) < 4.78 is 0. The van der Waals surface area contributed by atoms with Gasteiger partial charge in [0.1, 0.15) is 0 Å². The van der Waals surface area contributed by atoms with Crippen LogP contribution < -0.4 is 11.1 Å². The van der Waals surface area contributed by atoms with E-state index in [2.05, 4.69) is 5.32 Å². The van der Waals surface area contributed by atoms with Crippen LogP contribution in [0.15, 0.2) is 12.1 Å². The molecule has 0 saturated heterocycles. The van der Waals surface area contributed by atoms with E-state index in [1.165, 1.54) is 0 Å². The van der Waals surface area contributed by atoms with E-state index in [-0.39, 0.29) is 11.9 Å². The number of hydrogen-bond acceptors (Lipinski definition) is 2. The maximum Gasteiger partial charge on any atom is 0.253 e. The smallest absolute Gasteiger partial charge is 0.253 e. The Morgan fingerprint density at radius 2 is 2.05 bits per heavy atom. The van der Waals surface area contributed by atoms with Gasteiger partial charge in [-0.1, -0.05) is 11.6 Å². The second-order valence-electron chi connectivity index (χ2n) is 5.50. The van der Waals surface area contributed by atoms with E-state index >= 15 is 0 Å². The van der Waals surface area contributed by atoms with Crippen molar-refractivity contribution in [3.05, 3.63) is 33.8 Å². The number of amides is 1. The normalized spacial score (nSPS) is 22.5. The molecule has 3 nitrogen and oxygen atoms in total. The van der Waals surface area contributed by atoms with Crippen molar-refractivity contribution in [2.45, 2.75) is 39.2 Å². The summed E-state index contributed by atoms with van der Waals surface area (Å²) in [7, 11) is 0. The maximum atomic E-state index is 12.3. The molecule has 0 bridgehead atoms. The Morgan fingerprint density at radius 3 is 2.68 bits per heavy atom. The zero-order chi connectivity index (χ0) is 14.0. The molecule has 0 aromatic heterocycles. The van der Waals surface area contributed by atoms with Crippen LogP contribution in [0.25, 0.3) is 0 Å². The highest BCUT2D eigenvalue weighted by Crippen LogP contribution is 2.26. The molecule has 1 aromatic rings. The predicted molar refractivity (Wildman–Crippen MR) is 78.6 cm³/mol. The van der Waals surface area contributed by atoms with Crippen LogP contribution in [0.3, 0.4) is 0 Å². The van der Waals surface area contributed by atoms with Crippen molar-refractivity contribution >= 4 is 17.5 Å². The van der Waals surface area contributed by atoms with E-state index in [9.17, 15) is 4.79 Å². The number of benzene rings is 1. The van der Waals surface area contributed by atoms with Gasteiger partial charge in [0.25, 0.3) is 5.91 Å². The molecular weight excluding hydrogens is 260 g/mol. The Hall–Kier alpha value is -1.06. The van der Waals surface area contributed by atoms with Crippen LogP contribution in [-0.2, 0) is 0 Å². The van der Waals surface area contributed by atoms with Crippen molar-refractivity contribution in [2.75, 3.05) is 6.54 Å². The Bertz CT molecular complexity index is 487. The fourth-order valence-corrected chi connectivity index (χ4v) is 2.94. The second kappa shape index (κ2) is 5.93. The van der Waals surface area contributed by atoms with E-state index in [0.717, 1.165) is 30.4 Å². The third kappa shape index (κ3) is 3.28. The average molecular weight is 281 g/mol. The monoisotopic (exact) mass is 280 g/mol. The molecular formula is C15H21ClN2O. The van der Waals surface area contributed by atoms with Crippen LogP contribution in [0.4, 0.5) is 0 Å². The summed E-state index contributed by atoms with van der Waals surface area (Å²) in [6, 6.07) is 3.95. The van der Waals surface area contributed by atoms with Crippen LogP contribution in [-0.4, -0.2) is 18.5 Å². The molecule has 1 saturated carbocycles. The van der Waals surface area contributed by atoms with E-state index in [1.54, 1.807) is 0 Å². The van der Waals surface area contributed by atoms with Crippen LogP contribution >= 0.6 is 11.6 Å². The Morgan fingerprint density at radius 1 is 1.37 bits per heavy atom. The maximum absolute atomic E-state index is 12.3. The van der Waals surface area contributed by atoms with Crippen LogP contribution in [0, 0.1) is 19.8 Å². The number of carbonyl (C=O) groups excluding carboxylic acids is 1. The minimum atomic E-state index is -0.0734. The lowest BCUT2D eigenvalue weighted by Crippen LogP contribution is -2.33. The average Bonchev–Trinajstić information content (AvgIpc) is 2.81. The van der Waals surface area contributed by atoms with Gasteiger partial charge in [-0.3, -0.25) is 4.79 Å². The molecule has 0 unspecified atom stereocenters. The van der Waals surface area contributed by atoms with E-state index in [0.29, 0.717) is 23.0 Å². The lowest BCUT2D eigenvalue weighted by atomic mass is 10.1. The van der Waals surface area contributed by atoms with E-state index in [1.807, 2.05) is 26.0 Å². The molecule has 3 N–H and O–H groups in total. The minimum Gasteiger partial charge on any atom is -0.349 e. The first-order chi connectivity index (χ1) is 9.01. The molecule has 1 aliphatic carbocycles. The van der Waals surface area contributed by atoms with Gasteiger partial charge in [0.15, 0.2) is 0 Å². The third-order valence-corrected chi connectivity index (χ3v) is 4.35. The van der Waals surface area contributed by atoms with E-state index in [4.69, 9.17) is 17.3 Å². The van der Waals surface area contributed by atoms with E-state index < -0.39 is 0 Å². The molecule has 0 heterocycles. The first kappa shape index (κ1) is 14.4. The number of hydrogen-bond donors (Lipinski definition) is 2. The Kier molecular flexibility index (Phi) is 4.48.